The molecule has 6 heteroatoms. The van der Waals surface area contributed by atoms with Crippen LogP contribution in [0.4, 0.5) is 5.69 Å². The zero-order valence-corrected chi connectivity index (χ0v) is 12.2. The Morgan fingerprint density at radius 2 is 2.04 bits per heavy atom. The molecule has 1 aromatic carbocycles. The van der Waals surface area contributed by atoms with Crippen molar-refractivity contribution in [3.8, 4) is 17.3 Å². The van der Waals surface area contributed by atoms with Crippen molar-refractivity contribution in [2.24, 2.45) is 5.92 Å². The molecule has 0 bridgehead atoms. The molecular weight excluding hydrogens is 290 g/mol. The summed E-state index contributed by atoms with van der Waals surface area (Å²) in [4.78, 5) is 16.2. The molecule has 4 rings (SSSR count). The first-order valence-corrected chi connectivity index (χ1v) is 7.40. The van der Waals surface area contributed by atoms with E-state index in [-0.39, 0.29) is 11.8 Å². The average Bonchev–Trinajstić information content (AvgIpc) is 3.33. The lowest BCUT2D eigenvalue weighted by atomic mass is 10.1. The number of hydrogen-bond acceptors (Lipinski definition) is 4. The van der Waals surface area contributed by atoms with Gasteiger partial charge in [-0.3, -0.25) is 4.79 Å². The first-order valence-electron chi connectivity index (χ1n) is 7.40. The molecule has 1 N–H and O–H groups in total. The lowest BCUT2D eigenvalue weighted by Gasteiger charge is -2.09. The third kappa shape index (κ3) is 2.53. The number of nitrogens with one attached hydrogen (secondary N) is 1. The third-order valence-corrected chi connectivity index (χ3v) is 3.90. The normalized spacial score (nSPS) is 13.7. The molecule has 0 saturated heterocycles. The van der Waals surface area contributed by atoms with Gasteiger partial charge in [-0.1, -0.05) is 12.1 Å². The Balaban J connectivity index is 1.78. The summed E-state index contributed by atoms with van der Waals surface area (Å²) in [5.41, 5.74) is 3.69. The minimum Gasteiger partial charge on any atom is -0.326 e. The van der Waals surface area contributed by atoms with Crippen molar-refractivity contribution in [2.75, 3.05) is 5.32 Å². The van der Waals surface area contributed by atoms with Gasteiger partial charge in [0.15, 0.2) is 5.65 Å². The van der Waals surface area contributed by atoms with Crippen molar-refractivity contribution >= 4 is 17.2 Å². The minimum absolute atomic E-state index is 0.0552. The summed E-state index contributed by atoms with van der Waals surface area (Å²) < 4.78 is 1.72. The van der Waals surface area contributed by atoms with E-state index in [1.54, 1.807) is 22.7 Å². The minimum atomic E-state index is 0.0552. The fraction of sp³-hybridized carbons (Fsp3) is 0.176. The summed E-state index contributed by atoms with van der Waals surface area (Å²) >= 11 is 0. The number of rotatable bonds is 3. The molecule has 0 atom stereocenters. The second kappa shape index (κ2) is 5.21. The molecule has 1 saturated carbocycles. The van der Waals surface area contributed by atoms with Gasteiger partial charge >= 0.3 is 0 Å². The van der Waals surface area contributed by atoms with Gasteiger partial charge < -0.3 is 5.32 Å². The second-order valence-electron chi connectivity index (χ2n) is 5.61. The van der Waals surface area contributed by atoms with Crippen LogP contribution in [-0.4, -0.2) is 20.5 Å². The van der Waals surface area contributed by atoms with E-state index in [0.29, 0.717) is 16.9 Å². The predicted molar refractivity (Wildman–Crippen MR) is 84.5 cm³/mol. The highest BCUT2D eigenvalue weighted by Gasteiger charge is 2.29. The van der Waals surface area contributed by atoms with Crippen molar-refractivity contribution in [3.05, 3.63) is 48.3 Å². The number of carbonyl (C=O) groups is 1. The van der Waals surface area contributed by atoms with Gasteiger partial charge in [-0.2, -0.15) is 10.4 Å². The molecule has 3 aromatic rings. The van der Waals surface area contributed by atoms with Gasteiger partial charge in [-0.15, -0.1) is 0 Å². The van der Waals surface area contributed by atoms with E-state index >= 15 is 0 Å². The van der Waals surface area contributed by atoms with Crippen LogP contribution in [0.3, 0.4) is 0 Å². The number of hydrogen-bond donors (Lipinski definition) is 1. The molecule has 0 aliphatic heterocycles. The fourth-order valence-corrected chi connectivity index (χ4v) is 2.51. The highest BCUT2D eigenvalue weighted by molar-refractivity contribution is 5.95. The summed E-state index contributed by atoms with van der Waals surface area (Å²) in [5.74, 6) is 0.196. The SMILES string of the molecule is N#Cc1ccc(-c2cc(NC(=O)C3CC3)cc3ncnn23)cc1. The zero-order valence-electron chi connectivity index (χ0n) is 12.2. The zero-order chi connectivity index (χ0) is 15.8. The van der Waals surface area contributed by atoms with Crippen LogP contribution < -0.4 is 5.32 Å². The Morgan fingerprint density at radius 1 is 1.26 bits per heavy atom. The van der Waals surface area contributed by atoms with Crippen LogP contribution in [-0.2, 0) is 4.79 Å². The largest absolute Gasteiger partial charge is 0.326 e. The molecule has 112 valence electrons. The van der Waals surface area contributed by atoms with Crippen LogP contribution in [0.5, 0.6) is 0 Å². The summed E-state index contributed by atoms with van der Waals surface area (Å²) in [6, 6.07) is 13.0. The van der Waals surface area contributed by atoms with E-state index in [4.69, 9.17) is 5.26 Å². The molecule has 23 heavy (non-hydrogen) atoms. The predicted octanol–water partition coefficient (Wildman–Crippen LogP) is 2.62. The van der Waals surface area contributed by atoms with E-state index in [1.165, 1.54) is 6.33 Å². The monoisotopic (exact) mass is 303 g/mol. The maximum atomic E-state index is 12.0. The van der Waals surface area contributed by atoms with Crippen molar-refractivity contribution in [2.45, 2.75) is 12.8 Å². The number of pyridine rings is 1. The molecule has 2 heterocycles. The van der Waals surface area contributed by atoms with Crippen molar-refractivity contribution < 1.29 is 4.79 Å². The quantitative estimate of drug-likeness (QED) is 0.806. The summed E-state index contributed by atoms with van der Waals surface area (Å²) in [7, 11) is 0. The van der Waals surface area contributed by atoms with E-state index in [1.807, 2.05) is 18.2 Å². The van der Waals surface area contributed by atoms with Gasteiger partial charge in [0.25, 0.3) is 0 Å². The van der Waals surface area contributed by atoms with E-state index < -0.39 is 0 Å². The molecule has 1 fully saturated rings. The number of nitrogens with zero attached hydrogens (tertiary/aromatic N) is 4. The van der Waals surface area contributed by atoms with Crippen LogP contribution in [0.1, 0.15) is 18.4 Å². The molecule has 0 spiro atoms. The topological polar surface area (TPSA) is 83.1 Å². The second-order valence-corrected chi connectivity index (χ2v) is 5.61. The van der Waals surface area contributed by atoms with Crippen molar-refractivity contribution in [3.63, 3.8) is 0 Å². The lowest BCUT2D eigenvalue weighted by molar-refractivity contribution is -0.117. The number of fused-ring (bicyclic) bond motifs is 1. The standard InChI is InChI=1S/C17H13N5O/c18-9-11-1-3-12(4-2-11)15-7-14(21-17(23)13-5-6-13)8-16-19-10-20-22(15)16/h1-4,7-8,10,13H,5-6H2,(H,21,23). The molecule has 0 unspecified atom stereocenters. The highest BCUT2D eigenvalue weighted by Crippen LogP contribution is 2.31. The molecule has 1 aliphatic carbocycles. The number of amides is 1. The molecule has 1 aliphatic rings. The van der Waals surface area contributed by atoms with Crippen LogP contribution in [0.25, 0.3) is 16.9 Å². The van der Waals surface area contributed by atoms with Gasteiger partial charge in [0.1, 0.15) is 6.33 Å². The van der Waals surface area contributed by atoms with Gasteiger partial charge in [-0.05, 0) is 31.0 Å². The van der Waals surface area contributed by atoms with Gasteiger partial charge in [-0.25, -0.2) is 9.50 Å². The number of nitriles is 1. The highest BCUT2D eigenvalue weighted by atomic mass is 16.2. The maximum Gasteiger partial charge on any atom is 0.227 e. The first-order chi connectivity index (χ1) is 11.2. The maximum absolute atomic E-state index is 12.0. The third-order valence-electron chi connectivity index (χ3n) is 3.90. The number of aromatic nitrogens is 3. The Hall–Kier alpha value is -3.20. The summed E-state index contributed by atoms with van der Waals surface area (Å²) in [5, 5.41) is 16.1. The van der Waals surface area contributed by atoms with Crippen molar-refractivity contribution in [1.82, 2.24) is 14.6 Å². The first kappa shape index (κ1) is 13.5. The van der Waals surface area contributed by atoms with Crippen LogP contribution in [0.2, 0.25) is 0 Å². The van der Waals surface area contributed by atoms with Crippen molar-refractivity contribution in [1.29, 1.82) is 5.26 Å². The molecule has 6 nitrogen and oxygen atoms in total. The van der Waals surface area contributed by atoms with Crippen LogP contribution >= 0.6 is 0 Å². The van der Waals surface area contributed by atoms with E-state index in [9.17, 15) is 4.79 Å². The summed E-state index contributed by atoms with van der Waals surface area (Å²) in [6.45, 7) is 0. The van der Waals surface area contributed by atoms with Gasteiger partial charge in [0.2, 0.25) is 5.91 Å². The van der Waals surface area contributed by atoms with Gasteiger partial charge in [0, 0.05) is 23.2 Å². The molecule has 0 radical (unpaired) electrons. The van der Waals surface area contributed by atoms with Crippen LogP contribution in [0.15, 0.2) is 42.7 Å². The molecule has 2 aromatic heterocycles. The van der Waals surface area contributed by atoms with E-state index in [0.717, 1.165) is 24.1 Å². The van der Waals surface area contributed by atoms with Gasteiger partial charge in [0.05, 0.1) is 17.3 Å². The Morgan fingerprint density at radius 3 is 2.74 bits per heavy atom. The summed E-state index contributed by atoms with van der Waals surface area (Å²) in [6.07, 6.45) is 3.40. The molecule has 1 amide bonds. The number of anilines is 1. The number of benzene rings is 1. The Labute approximate surface area is 132 Å². The molecular formula is C17H13N5O. The smallest absolute Gasteiger partial charge is 0.227 e. The Kier molecular flexibility index (Phi) is 3.05. The fourth-order valence-electron chi connectivity index (χ4n) is 2.51. The van der Waals surface area contributed by atoms with E-state index in [2.05, 4.69) is 21.5 Å². The number of carbonyl (C=O) groups excluding carboxylic acids is 1. The average molecular weight is 303 g/mol. The lowest BCUT2D eigenvalue weighted by Crippen LogP contribution is -2.13. The van der Waals surface area contributed by atoms with Crippen LogP contribution in [0, 0.1) is 17.2 Å². The Bertz CT molecular complexity index is 932.